The Hall–Kier alpha value is -2.50. The Morgan fingerprint density at radius 3 is 2.38 bits per heavy atom. The second kappa shape index (κ2) is 7.38. The van der Waals surface area contributed by atoms with E-state index < -0.39 is 6.10 Å². The molecule has 0 unspecified atom stereocenters. The fourth-order valence-corrected chi connectivity index (χ4v) is 2.71. The third kappa shape index (κ3) is 3.69. The minimum atomic E-state index is -0.493. The Kier molecular flexibility index (Phi) is 5.03. The number of aliphatic hydroxyl groups is 1. The van der Waals surface area contributed by atoms with Gasteiger partial charge in [0.25, 0.3) is 0 Å². The first kappa shape index (κ1) is 16.4. The van der Waals surface area contributed by atoms with Crippen LogP contribution >= 0.6 is 0 Å². The molecule has 5 heteroatoms. The molecule has 24 heavy (non-hydrogen) atoms. The Balaban J connectivity index is 1.66. The van der Waals surface area contributed by atoms with Crippen LogP contribution in [0.1, 0.15) is 30.2 Å². The number of likely N-dealkylation sites (N-methyl/N-ethyl adjacent to an activating group) is 1. The number of hydrogen-bond donors (Lipinski definition) is 1. The molecule has 2 atom stereocenters. The second-order valence-corrected chi connectivity index (χ2v) is 5.97. The molecule has 0 aliphatic rings. The van der Waals surface area contributed by atoms with E-state index in [2.05, 4.69) is 34.0 Å². The van der Waals surface area contributed by atoms with E-state index in [0.29, 0.717) is 6.54 Å². The largest absolute Gasteiger partial charge is 0.387 e. The first-order chi connectivity index (χ1) is 11.6. The maximum absolute atomic E-state index is 10.4. The van der Waals surface area contributed by atoms with Crippen LogP contribution < -0.4 is 0 Å². The fourth-order valence-electron chi connectivity index (χ4n) is 2.71. The molecule has 3 rings (SSSR count). The summed E-state index contributed by atoms with van der Waals surface area (Å²) >= 11 is 0. The van der Waals surface area contributed by atoms with Gasteiger partial charge in [-0.25, -0.2) is 9.67 Å². The van der Waals surface area contributed by atoms with Crippen molar-refractivity contribution in [3.63, 3.8) is 0 Å². The predicted molar refractivity (Wildman–Crippen MR) is 93.8 cm³/mol. The average molecular weight is 322 g/mol. The highest BCUT2D eigenvalue weighted by atomic mass is 16.3. The number of nitrogens with zero attached hydrogens (tertiary/aromatic N) is 4. The van der Waals surface area contributed by atoms with Crippen molar-refractivity contribution in [3.8, 4) is 5.69 Å². The van der Waals surface area contributed by atoms with Crippen LogP contribution in [0.5, 0.6) is 0 Å². The molecule has 0 saturated heterocycles. The van der Waals surface area contributed by atoms with Crippen LogP contribution in [0.3, 0.4) is 0 Å². The summed E-state index contributed by atoms with van der Waals surface area (Å²) in [5.74, 6) is 0. The molecule has 0 saturated carbocycles. The number of aromatic nitrogens is 3. The summed E-state index contributed by atoms with van der Waals surface area (Å²) in [6.45, 7) is 2.72. The minimum absolute atomic E-state index is 0.202. The van der Waals surface area contributed by atoms with Crippen molar-refractivity contribution in [2.75, 3.05) is 13.6 Å². The van der Waals surface area contributed by atoms with E-state index in [-0.39, 0.29) is 6.04 Å². The molecule has 2 aromatic carbocycles. The number of aliphatic hydroxyl groups excluding tert-OH is 1. The number of rotatable bonds is 6. The van der Waals surface area contributed by atoms with Crippen LogP contribution in [0.15, 0.2) is 67.3 Å². The topological polar surface area (TPSA) is 54.2 Å². The first-order valence-electron chi connectivity index (χ1n) is 8.03. The number of hydrogen-bond acceptors (Lipinski definition) is 4. The molecule has 1 heterocycles. The van der Waals surface area contributed by atoms with Crippen molar-refractivity contribution in [1.29, 1.82) is 0 Å². The summed E-state index contributed by atoms with van der Waals surface area (Å²) in [7, 11) is 2.03. The molecular weight excluding hydrogens is 300 g/mol. The molecule has 5 nitrogen and oxygen atoms in total. The van der Waals surface area contributed by atoms with Gasteiger partial charge < -0.3 is 5.11 Å². The molecule has 0 aliphatic heterocycles. The van der Waals surface area contributed by atoms with Gasteiger partial charge in [-0.05, 0) is 37.2 Å². The van der Waals surface area contributed by atoms with E-state index in [9.17, 15) is 5.11 Å². The zero-order valence-corrected chi connectivity index (χ0v) is 13.9. The summed E-state index contributed by atoms with van der Waals surface area (Å²) in [4.78, 5) is 6.12. The van der Waals surface area contributed by atoms with E-state index in [0.717, 1.165) is 11.3 Å². The van der Waals surface area contributed by atoms with Crippen LogP contribution in [-0.4, -0.2) is 38.4 Å². The molecule has 1 N–H and O–H groups in total. The van der Waals surface area contributed by atoms with Gasteiger partial charge in [-0.3, -0.25) is 4.90 Å². The molecule has 1 aromatic heterocycles. The van der Waals surface area contributed by atoms with Gasteiger partial charge in [0.1, 0.15) is 12.7 Å². The van der Waals surface area contributed by atoms with E-state index in [4.69, 9.17) is 0 Å². The zero-order chi connectivity index (χ0) is 16.9. The van der Waals surface area contributed by atoms with Crippen LogP contribution in [0.25, 0.3) is 5.69 Å². The summed E-state index contributed by atoms with van der Waals surface area (Å²) < 4.78 is 1.73. The van der Waals surface area contributed by atoms with Gasteiger partial charge in [0, 0.05) is 12.6 Å². The molecule has 3 aromatic rings. The third-order valence-electron chi connectivity index (χ3n) is 4.37. The fraction of sp³-hybridized carbons (Fsp3) is 0.263. The molecule has 0 bridgehead atoms. The summed E-state index contributed by atoms with van der Waals surface area (Å²) in [5, 5.41) is 14.5. The van der Waals surface area contributed by atoms with Crippen LogP contribution in [-0.2, 0) is 0 Å². The molecule has 0 radical (unpaired) electrons. The molecule has 0 spiro atoms. The first-order valence-corrected chi connectivity index (χ1v) is 8.03. The summed E-state index contributed by atoms with van der Waals surface area (Å²) in [5.41, 5.74) is 3.12. The molecule has 0 aliphatic carbocycles. The number of benzene rings is 2. The lowest BCUT2D eigenvalue weighted by molar-refractivity contribution is 0.108. The highest BCUT2D eigenvalue weighted by Crippen LogP contribution is 2.23. The lowest BCUT2D eigenvalue weighted by atomic mass is 10.0. The monoisotopic (exact) mass is 322 g/mol. The Labute approximate surface area is 142 Å². The van der Waals surface area contributed by atoms with Crippen LogP contribution in [0, 0.1) is 0 Å². The van der Waals surface area contributed by atoms with E-state index in [1.807, 2.05) is 49.5 Å². The van der Waals surface area contributed by atoms with Gasteiger partial charge in [-0.15, -0.1) is 0 Å². The van der Waals surface area contributed by atoms with Gasteiger partial charge in [-0.2, -0.15) is 5.10 Å². The van der Waals surface area contributed by atoms with Crippen molar-refractivity contribution in [2.45, 2.75) is 19.1 Å². The van der Waals surface area contributed by atoms with E-state index >= 15 is 0 Å². The lowest BCUT2D eigenvalue weighted by Crippen LogP contribution is -2.27. The lowest BCUT2D eigenvalue weighted by Gasteiger charge is -2.27. The van der Waals surface area contributed by atoms with E-state index in [1.165, 1.54) is 11.9 Å². The Bertz CT molecular complexity index is 741. The molecule has 0 amide bonds. The van der Waals surface area contributed by atoms with Gasteiger partial charge >= 0.3 is 0 Å². The van der Waals surface area contributed by atoms with Gasteiger partial charge in [-0.1, -0.05) is 42.5 Å². The van der Waals surface area contributed by atoms with Crippen molar-refractivity contribution < 1.29 is 5.11 Å². The third-order valence-corrected chi connectivity index (χ3v) is 4.37. The minimum Gasteiger partial charge on any atom is -0.387 e. The standard InChI is InChI=1S/C19H22N4O/c1-15(22(2)12-19(24)17-6-4-3-5-7-17)16-8-10-18(11-9-16)23-14-20-13-21-23/h3-11,13-15,19,24H,12H2,1-2H3/t15-,19+/m1/s1. The van der Waals surface area contributed by atoms with Gasteiger partial charge in [0.05, 0.1) is 11.8 Å². The quantitative estimate of drug-likeness (QED) is 0.758. The van der Waals surface area contributed by atoms with Gasteiger partial charge in [0.15, 0.2) is 0 Å². The smallest absolute Gasteiger partial charge is 0.138 e. The van der Waals surface area contributed by atoms with Crippen molar-refractivity contribution in [3.05, 3.63) is 78.4 Å². The maximum Gasteiger partial charge on any atom is 0.138 e. The highest BCUT2D eigenvalue weighted by Gasteiger charge is 2.16. The van der Waals surface area contributed by atoms with Crippen LogP contribution in [0.2, 0.25) is 0 Å². The molecule has 124 valence electrons. The van der Waals surface area contributed by atoms with Crippen molar-refractivity contribution in [2.24, 2.45) is 0 Å². The normalized spacial score (nSPS) is 13.8. The van der Waals surface area contributed by atoms with E-state index in [1.54, 1.807) is 11.0 Å². The average Bonchev–Trinajstić information content (AvgIpc) is 3.16. The second-order valence-electron chi connectivity index (χ2n) is 5.97. The maximum atomic E-state index is 10.4. The SMILES string of the molecule is C[C@H](c1ccc(-n2cncn2)cc1)N(C)C[C@H](O)c1ccccc1. The Morgan fingerprint density at radius 1 is 1.04 bits per heavy atom. The van der Waals surface area contributed by atoms with Gasteiger partial charge in [0.2, 0.25) is 0 Å². The van der Waals surface area contributed by atoms with Crippen molar-refractivity contribution in [1.82, 2.24) is 19.7 Å². The molecule has 0 fully saturated rings. The highest BCUT2D eigenvalue weighted by molar-refractivity contribution is 5.34. The predicted octanol–water partition coefficient (Wildman–Crippen LogP) is 2.99. The summed E-state index contributed by atoms with van der Waals surface area (Å²) in [6, 6.07) is 18.2. The van der Waals surface area contributed by atoms with Crippen LogP contribution in [0.4, 0.5) is 0 Å². The Morgan fingerprint density at radius 2 is 1.75 bits per heavy atom. The summed E-state index contributed by atoms with van der Waals surface area (Å²) in [6.07, 6.45) is 2.71. The zero-order valence-electron chi connectivity index (χ0n) is 13.9. The van der Waals surface area contributed by atoms with Crippen molar-refractivity contribution >= 4 is 0 Å². The molecular formula is C19H22N4O.